The number of hydrogen-bond acceptors (Lipinski definition) is 3. The first-order chi connectivity index (χ1) is 10.8. The van der Waals surface area contributed by atoms with Crippen LogP contribution in [0.5, 0.6) is 0 Å². The fourth-order valence-electron chi connectivity index (χ4n) is 3.34. The van der Waals surface area contributed by atoms with E-state index in [4.69, 9.17) is 0 Å². The summed E-state index contributed by atoms with van der Waals surface area (Å²) in [7, 11) is 0. The highest BCUT2D eigenvalue weighted by molar-refractivity contribution is 5.92. The van der Waals surface area contributed by atoms with Crippen LogP contribution in [0.3, 0.4) is 0 Å². The van der Waals surface area contributed by atoms with E-state index in [0.717, 1.165) is 31.4 Å². The Balaban J connectivity index is 1.58. The van der Waals surface area contributed by atoms with Gasteiger partial charge in [0.2, 0.25) is 0 Å². The lowest BCUT2D eigenvalue weighted by Crippen LogP contribution is -2.40. The normalized spacial score (nSPS) is 18.5. The molecule has 2 aromatic rings. The second kappa shape index (κ2) is 5.55. The molecule has 0 bridgehead atoms. The lowest BCUT2D eigenvalue weighted by molar-refractivity contribution is 0.0657. The van der Waals surface area contributed by atoms with E-state index < -0.39 is 0 Å². The van der Waals surface area contributed by atoms with Crippen molar-refractivity contribution in [1.29, 1.82) is 0 Å². The van der Waals surface area contributed by atoms with Gasteiger partial charge < -0.3 is 4.90 Å². The maximum atomic E-state index is 12.9. The summed E-state index contributed by atoms with van der Waals surface area (Å²) >= 11 is 0. The molecule has 1 heterocycles. The molecule has 5 nitrogen and oxygen atoms in total. The van der Waals surface area contributed by atoms with Gasteiger partial charge in [0.1, 0.15) is 0 Å². The van der Waals surface area contributed by atoms with Crippen LogP contribution >= 0.6 is 0 Å². The molecule has 4 rings (SSSR count). The van der Waals surface area contributed by atoms with Crippen molar-refractivity contribution < 1.29 is 4.79 Å². The molecule has 0 saturated heterocycles. The summed E-state index contributed by atoms with van der Waals surface area (Å²) in [6.45, 7) is 0. The Labute approximate surface area is 129 Å². The molecule has 0 N–H and O–H groups in total. The molecule has 2 saturated carbocycles. The van der Waals surface area contributed by atoms with Gasteiger partial charge in [0.25, 0.3) is 5.91 Å². The van der Waals surface area contributed by atoms with E-state index in [-0.39, 0.29) is 5.91 Å². The van der Waals surface area contributed by atoms with Gasteiger partial charge in [0.15, 0.2) is 5.69 Å². The van der Waals surface area contributed by atoms with E-state index in [1.165, 1.54) is 17.6 Å². The Kier molecular flexibility index (Phi) is 3.41. The summed E-state index contributed by atoms with van der Waals surface area (Å²) in [4.78, 5) is 16.5. The summed E-state index contributed by atoms with van der Waals surface area (Å²) in [5, 5.41) is 8.65. The van der Waals surface area contributed by atoms with Gasteiger partial charge in [-0.25, -0.2) is 0 Å². The van der Waals surface area contributed by atoms with Crippen LogP contribution in [-0.4, -0.2) is 37.9 Å². The zero-order valence-electron chi connectivity index (χ0n) is 12.6. The van der Waals surface area contributed by atoms with Crippen LogP contribution in [0.15, 0.2) is 36.5 Å². The molecule has 2 aliphatic rings. The Morgan fingerprint density at radius 2 is 1.73 bits per heavy atom. The first-order valence-electron chi connectivity index (χ1n) is 8.13. The van der Waals surface area contributed by atoms with Crippen LogP contribution in [0.1, 0.15) is 49.0 Å². The first kappa shape index (κ1) is 13.5. The molecule has 0 radical (unpaired) electrons. The Hall–Kier alpha value is -2.17. The number of aromatic nitrogens is 3. The van der Waals surface area contributed by atoms with Crippen molar-refractivity contribution in [2.45, 2.75) is 50.6 Å². The number of carbonyl (C=O) groups is 1. The maximum Gasteiger partial charge on any atom is 0.276 e. The predicted molar refractivity (Wildman–Crippen MR) is 82.8 cm³/mol. The molecule has 114 valence electrons. The number of carbonyl (C=O) groups excluding carboxylic acids is 1. The molecule has 2 aliphatic carbocycles. The molecular formula is C17H20N4O. The van der Waals surface area contributed by atoms with E-state index in [1.54, 1.807) is 6.20 Å². The highest BCUT2D eigenvalue weighted by atomic mass is 16.2. The summed E-state index contributed by atoms with van der Waals surface area (Å²) in [5.41, 5.74) is 1.34. The van der Waals surface area contributed by atoms with Gasteiger partial charge in [0, 0.05) is 12.1 Å². The van der Waals surface area contributed by atoms with Gasteiger partial charge >= 0.3 is 0 Å². The molecule has 0 atom stereocenters. The molecule has 22 heavy (non-hydrogen) atoms. The smallest absolute Gasteiger partial charge is 0.276 e. The fraction of sp³-hybridized carbons (Fsp3) is 0.471. The van der Waals surface area contributed by atoms with Gasteiger partial charge in [-0.2, -0.15) is 9.90 Å². The van der Waals surface area contributed by atoms with E-state index >= 15 is 0 Å². The fourth-order valence-corrected chi connectivity index (χ4v) is 3.34. The van der Waals surface area contributed by atoms with Crippen LogP contribution < -0.4 is 0 Å². The average molecular weight is 296 g/mol. The number of benzene rings is 1. The highest BCUT2D eigenvalue weighted by Crippen LogP contribution is 2.35. The summed E-state index contributed by atoms with van der Waals surface area (Å²) in [5.74, 6) is 0.0524. The van der Waals surface area contributed by atoms with Gasteiger partial charge in [0.05, 0.1) is 11.9 Å². The van der Waals surface area contributed by atoms with Gasteiger partial charge in [-0.15, -0.1) is 5.10 Å². The quantitative estimate of drug-likeness (QED) is 0.871. The molecule has 1 amide bonds. The van der Waals surface area contributed by atoms with E-state index in [9.17, 15) is 4.79 Å². The molecule has 0 spiro atoms. The third-order valence-electron chi connectivity index (χ3n) is 4.59. The summed E-state index contributed by atoms with van der Waals surface area (Å²) < 4.78 is 0. The second-order valence-electron chi connectivity index (χ2n) is 6.24. The topological polar surface area (TPSA) is 51.0 Å². The molecule has 5 heteroatoms. The third kappa shape index (κ3) is 2.51. The lowest BCUT2D eigenvalue weighted by atomic mass is 10.2. The third-order valence-corrected chi connectivity index (χ3v) is 4.59. The van der Waals surface area contributed by atoms with Crippen molar-refractivity contribution in [2.75, 3.05) is 0 Å². The molecule has 0 aliphatic heterocycles. The number of rotatable bonds is 4. The monoisotopic (exact) mass is 296 g/mol. The standard InChI is InChI=1S/C17H20N4O/c22-17(20(14-10-11-14)13-6-4-5-7-13)16-12-18-21(19-16)15-8-2-1-3-9-15/h1-3,8-9,12-14H,4-7,10-11H2. The summed E-state index contributed by atoms with van der Waals surface area (Å²) in [6.07, 6.45) is 8.60. The van der Waals surface area contributed by atoms with Crippen LogP contribution in [-0.2, 0) is 0 Å². The predicted octanol–water partition coefficient (Wildman–Crippen LogP) is 2.81. The van der Waals surface area contributed by atoms with E-state index in [2.05, 4.69) is 15.1 Å². The number of hydrogen-bond donors (Lipinski definition) is 0. The van der Waals surface area contributed by atoms with Crippen molar-refractivity contribution in [3.63, 3.8) is 0 Å². The maximum absolute atomic E-state index is 12.9. The van der Waals surface area contributed by atoms with Gasteiger partial charge in [-0.1, -0.05) is 31.0 Å². The molecular weight excluding hydrogens is 276 g/mol. The van der Waals surface area contributed by atoms with Crippen LogP contribution in [0.25, 0.3) is 5.69 Å². The van der Waals surface area contributed by atoms with Gasteiger partial charge in [-0.05, 0) is 37.8 Å². The molecule has 1 aromatic heterocycles. The SMILES string of the molecule is O=C(c1cnn(-c2ccccc2)n1)N(C1CCCC1)C1CC1. The van der Waals surface area contributed by atoms with Crippen molar-refractivity contribution in [3.05, 3.63) is 42.2 Å². The zero-order valence-corrected chi connectivity index (χ0v) is 12.6. The van der Waals surface area contributed by atoms with Crippen molar-refractivity contribution in [1.82, 2.24) is 19.9 Å². The van der Waals surface area contributed by atoms with E-state index in [0.29, 0.717) is 17.8 Å². The minimum absolute atomic E-state index is 0.0524. The molecule has 2 fully saturated rings. The Morgan fingerprint density at radius 3 is 2.41 bits per heavy atom. The Morgan fingerprint density at radius 1 is 1.05 bits per heavy atom. The van der Waals surface area contributed by atoms with Crippen LogP contribution in [0, 0.1) is 0 Å². The van der Waals surface area contributed by atoms with Crippen molar-refractivity contribution in [2.24, 2.45) is 0 Å². The number of amides is 1. The minimum Gasteiger partial charge on any atom is -0.331 e. The molecule has 0 unspecified atom stereocenters. The number of para-hydroxylation sites is 1. The zero-order chi connectivity index (χ0) is 14.9. The Bertz CT molecular complexity index is 656. The summed E-state index contributed by atoms with van der Waals surface area (Å²) in [6, 6.07) is 10.5. The number of nitrogens with zero attached hydrogens (tertiary/aromatic N) is 4. The largest absolute Gasteiger partial charge is 0.331 e. The van der Waals surface area contributed by atoms with Crippen LogP contribution in [0.4, 0.5) is 0 Å². The minimum atomic E-state index is 0.0524. The van der Waals surface area contributed by atoms with E-state index in [1.807, 2.05) is 30.3 Å². The molecule has 1 aromatic carbocycles. The second-order valence-corrected chi connectivity index (χ2v) is 6.24. The van der Waals surface area contributed by atoms with Crippen LogP contribution in [0.2, 0.25) is 0 Å². The first-order valence-corrected chi connectivity index (χ1v) is 8.13. The lowest BCUT2D eigenvalue weighted by Gasteiger charge is -2.28. The van der Waals surface area contributed by atoms with Crippen molar-refractivity contribution in [3.8, 4) is 5.69 Å². The van der Waals surface area contributed by atoms with Crippen molar-refractivity contribution >= 4 is 5.91 Å². The van der Waals surface area contributed by atoms with Gasteiger partial charge in [-0.3, -0.25) is 4.79 Å². The highest BCUT2D eigenvalue weighted by Gasteiger charge is 2.39. The average Bonchev–Trinajstić information content (AvgIpc) is 3.06.